The molecule has 192 valence electrons. The largest absolute Gasteiger partial charge is 0.461 e. The lowest BCUT2D eigenvalue weighted by Crippen LogP contribution is -2.47. The molecule has 3 aromatic rings. The summed E-state index contributed by atoms with van der Waals surface area (Å²) in [4.78, 5) is 33.3. The summed E-state index contributed by atoms with van der Waals surface area (Å²) in [7, 11) is 1.67. The Morgan fingerprint density at radius 1 is 1.08 bits per heavy atom. The molecule has 0 unspecified atom stereocenters. The molecule has 1 aromatic heterocycles. The van der Waals surface area contributed by atoms with Crippen LogP contribution in [0.15, 0.2) is 53.5 Å². The van der Waals surface area contributed by atoms with Crippen molar-refractivity contribution in [2.45, 2.75) is 13.8 Å². The van der Waals surface area contributed by atoms with E-state index >= 15 is 0 Å². The number of rotatable bonds is 8. The SMILES string of the molecule is CCOC(=O)c1cc(-c2ccc(NC(C)=O)cc2)c(/C(=N\C)C2CNC2)c(Nc2cc(F)cc(F)c2)n1. The van der Waals surface area contributed by atoms with E-state index in [-0.39, 0.29) is 35.6 Å². The zero-order valence-electron chi connectivity index (χ0n) is 20.7. The predicted molar refractivity (Wildman–Crippen MR) is 138 cm³/mol. The van der Waals surface area contributed by atoms with Crippen molar-refractivity contribution >= 4 is 34.8 Å². The standard InChI is InChI=1S/C27H27F2N5O3/c1-4-37-27(36)23-12-22(16-5-7-20(8-6-16)32-15(2)35)24(25(30-3)17-13-31-14-17)26(34-23)33-21-10-18(28)9-19(29)11-21/h5-12,17,31H,4,13-14H2,1-3H3,(H,32,35)(H,33,34)/b30-25-. The summed E-state index contributed by atoms with van der Waals surface area (Å²) in [6.45, 7) is 4.65. The maximum atomic E-state index is 14.0. The number of esters is 1. The second-order valence-electron chi connectivity index (χ2n) is 8.50. The summed E-state index contributed by atoms with van der Waals surface area (Å²) < 4.78 is 33.2. The smallest absolute Gasteiger partial charge is 0.357 e. The molecule has 0 aliphatic carbocycles. The molecule has 0 radical (unpaired) electrons. The summed E-state index contributed by atoms with van der Waals surface area (Å²) in [6.07, 6.45) is 0. The van der Waals surface area contributed by atoms with Crippen LogP contribution in [0.25, 0.3) is 11.1 Å². The molecule has 1 aliphatic heterocycles. The van der Waals surface area contributed by atoms with Crippen molar-refractivity contribution in [3.05, 3.63) is 71.4 Å². The molecule has 1 fully saturated rings. The lowest BCUT2D eigenvalue weighted by molar-refractivity contribution is -0.114. The Bertz CT molecular complexity index is 1330. The fourth-order valence-electron chi connectivity index (χ4n) is 4.11. The summed E-state index contributed by atoms with van der Waals surface area (Å²) >= 11 is 0. The highest BCUT2D eigenvalue weighted by atomic mass is 19.1. The number of nitrogens with one attached hydrogen (secondary N) is 3. The molecule has 1 saturated heterocycles. The Balaban J connectivity index is 1.93. The van der Waals surface area contributed by atoms with Gasteiger partial charge in [-0.1, -0.05) is 12.1 Å². The van der Waals surface area contributed by atoms with E-state index < -0.39 is 17.6 Å². The van der Waals surface area contributed by atoms with Crippen molar-refractivity contribution in [2.75, 3.05) is 37.4 Å². The van der Waals surface area contributed by atoms with Gasteiger partial charge in [0.15, 0.2) is 5.69 Å². The number of hydrogen-bond acceptors (Lipinski definition) is 7. The van der Waals surface area contributed by atoms with Gasteiger partial charge < -0.3 is 20.7 Å². The number of halogens is 2. The van der Waals surface area contributed by atoms with Crippen molar-refractivity contribution in [1.82, 2.24) is 10.3 Å². The molecule has 4 rings (SSSR count). The molecular weight excluding hydrogens is 480 g/mol. The predicted octanol–water partition coefficient (Wildman–Crippen LogP) is 4.54. The van der Waals surface area contributed by atoms with Crippen molar-refractivity contribution in [3.63, 3.8) is 0 Å². The molecule has 0 saturated carbocycles. The molecule has 3 N–H and O–H groups in total. The van der Waals surface area contributed by atoms with Crippen LogP contribution >= 0.6 is 0 Å². The molecule has 0 bridgehead atoms. The average Bonchev–Trinajstić information content (AvgIpc) is 2.80. The summed E-state index contributed by atoms with van der Waals surface area (Å²) in [5.41, 5.74) is 3.42. The van der Waals surface area contributed by atoms with Crippen LogP contribution in [0.1, 0.15) is 29.9 Å². The number of pyridine rings is 1. The molecule has 0 atom stereocenters. The first-order chi connectivity index (χ1) is 17.8. The Kier molecular flexibility index (Phi) is 7.88. The minimum Gasteiger partial charge on any atom is -0.461 e. The zero-order valence-corrected chi connectivity index (χ0v) is 20.7. The van der Waals surface area contributed by atoms with Crippen LogP contribution in [0.2, 0.25) is 0 Å². The van der Waals surface area contributed by atoms with Crippen molar-refractivity contribution in [1.29, 1.82) is 0 Å². The van der Waals surface area contributed by atoms with Gasteiger partial charge in [0.1, 0.15) is 17.5 Å². The van der Waals surface area contributed by atoms with Gasteiger partial charge in [-0.2, -0.15) is 0 Å². The number of benzene rings is 2. The monoisotopic (exact) mass is 507 g/mol. The van der Waals surface area contributed by atoms with E-state index in [0.29, 0.717) is 29.9 Å². The number of carbonyl (C=O) groups excluding carboxylic acids is 2. The van der Waals surface area contributed by atoms with Crippen LogP contribution in [-0.2, 0) is 9.53 Å². The Labute approximate surface area is 213 Å². The van der Waals surface area contributed by atoms with E-state index in [1.165, 1.54) is 6.92 Å². The molecule has 8 nitrogen and oxygen atoms in total. The fourth-order valence-corrected chi connectivity index (χ4v) is 4.11. The molecule has 1 aliphatic rings. The van der Waals surface area contributed by atoms with E-state index in [4.69, 9.17) is 4.74 Å². The number of aromatic nitrogens is 1. The first-order valence-electron chi connectivity index (χ1n) is 11.8. The Hall–Kier alpha value is -4.18. The van der Waals surface area contributed by atoms with Crippen LogP contribution in [0.5, 0.6) is 0 Å². The van der Waals surface area contributed by atoms with Gasteiger partial charge in [-0.15, -0.1) is 0 Å². The van der Waals surface area contributed by atoms with Crippen molar-refractivity contribution in [3.8, 4) is 11.1 Å². The highest BCUT2D eigenvalue weighted by Gasteiger charge is 2.30. The fraction of sp³-hybridized carbons (Fsp3) is 0.259. The minimum atomic E-state index is -0.757. The van der Waals surface area contributed by atoms with E-state index in [1.807, 2.05) is 0 Å². The van der Waals surface area contributed by atoms with Gasteiger partial charge in [-0.3, -0.25) is 9.79 Å². The summed E-state index contributed by atoms with van der Waals surface area (Å²) in [5.74, 6) is -2.07. The molecule has 37 heavy (non-hydrogen) atoms. The van der Waals surface area contributed by atoms with Gasteiger partial charge >= 0.3 is 5.97 Å². The average molecular weight is 508 g/mol. The molecule has 2 aromatic carbocycles. The summed E-state index contributed by atoms with van der Waals surface area (Å²) in [5, 5.41) is 8.95. The van der Waals surface area contributed by atoms with Gasteiger partial charge in [0.25, 0.3) is 0 Å². The van der Waals surface area contributed by atoms with Gasteiger partial charge in [0.2, 0.25) is 5.91 Å². The van der Waals surface area contributed by atoms with Crippen LogP contribution in [0, 0.1) is 17.6 Å². The maximum Gasteiger partial charge on any atom is 0.357 e. The first-order valence-corrected chi connectivity index (χ1v) is 11.8. The molecule has 0 spiro atoms. The number of carbonyl (C=O) groups is 2. The second kappa shape index (κ2) is 11.3. The van der Waals surface area contributed by atoms with Gasteiger partial charge in [0, 0.05) is 56.0 Å². The molecule has 1 amide bonds. The lowest BCUT2D eigenvalue weighted by atomic mass is 9.87. The van der Waals surface area contributed by atoms with Crippen LogP contribution in [0.3, 0.4) is 0 Å². The maximum absolute atomic E-state index is 14.0. The number of hydrogen-bond donors (Lipinski definition) is 3. The topological polar surface area (TPSA) is 105 Å². The minimum absolute atomic E-state index is 0.0214. The number of amides is 1. The zero-order chi connectivity index (χ0) is 26.5. The van der Waals surface area contributed by atoms with Crippen molar-refractivity contribution in [2.24, 2.45) is 10.9 Å². The Morgan fingerprint density at radius 2 is 1.76 bits per heavy atom. The van der Waals surface area contributed by atoms with Gasteiger partial charge in [-0.25, -0.2) is 18.6 Å². The number of aliphatic imine (C=N–C) groups is 1. The lowest BCUT2D eigenvalue weighted by Gasteiger charge is -2.30. The van der Waals surface area contributed by atoms with E-state index in [9.17, 15) is 18.4 Å². The third-order valence-corrected chi connectivity index (χ3v) is 5.81. The number of anilines is 3. The van der Waals surface area contributed by atoms with Crippen molar-refractivity contribution < 1.29 is 23.1 Å². The molecular formula is C27H27F2N5O3. The van der Waals surface area contributed by atoms with Crippen LogP contribution in [0.4, 0.5) is 26.0 Å². The quantitative estimate of drug-likeness (QED) is 0.305. The van der Waals surface area contributed by atoms with E-state index in [2.05, 4.69) is 25.9 Å². The van der Waals surface area contributed by atoms with Gasteiger partial charge in [0.05, 0.1) is 12.3 Å². The third-order valence-electron chi connectivity index (χ3n) is 5.81. The third kappa shape index (κ3) is 5.97. The highest BCUT2D eigenvalue weighted by molar-refractivity contribution is 6.12. The molecule has 2 heterocycles. The normalized spacial score (nSPS) is 13.6. The van der Waals surface area contributed by atoms with E-state index in [0.717, 1.165) is 29.5 Å². The van der Waals surface area contributed by atoms with Crippen LogP contribution in [-0.4, -0.2) is 49.3 Å². The number of nitrogens with zero attached hydrogens (tertiary/aromatic N) is 2. The Morgan fingerprint density at radius 3 is 2.30 bits per heavy atom. The van der Waals surface area contributed by atoms with Gasteiger partial charge in [-0.05, 0) is 48.4 Å². The summed E-state index contributed by atoms with van der Waals surface area (Å²) in [6, 6.07) is 11.8. The molecule has 10 heteroatoms. The second-order valence-corrected chi connectivity index (χ2v) is 8.50. The number of ether oxygens (including phenoxy) is 1. The van der Waals surface area contributed by atoms with Crippen LogP contribution < -0.4 is 16.0 Å². The first kappa shape index (κ1) is 25.9. The van der Waals surface area contributed by atoms with E-state index in [1.54, 1.807) is 44.3 Å². The highest BCUT2D eigenvalue weighted by Crippen LogP contribution is 2.35.